The van der Waals surface area contributed by atoms with Gasteiger partial charge in [-0.1, -0.05) is 48.5 Å². The number of carbonyl (C=O) groups is 2. The first-order chi connectivity index (χ1) is 17.0. The van der Waals surface area contributed by atoms with E-state index < -0.39 is 6.04 Å². The van der Waals surface area contributed by atoms with Crippen LogP contribution in [0.15, 0.2) is 79.0 Å². The number of fused-ring (bicyclic) bond motifs is 2. The molecule has 2 amide bonds. The quantitative estimate of drug-likeness (QED) is 0.335. The lowest BCUT2D eigenvalue weighted by atomic mass is 10.0. The molecule has 7 nitrogen and oxygen atoms in total. The van der Waals surface area contributed by atoms with E-state index in [-0.39, 0.29) is 18.2 Å². The number of hydrogen-bond donors (Lipinski definition) is 3. The minimum atomic E-state index is -0.708. The molecule has 0 saturated heterocycles. The summed E-state index contributed by atoms with van der Waals surface area (Å²) in [6, 6.07) is 22.6. The molecule has 35 heavy (non-hydrogen) atoms. The number of hydrogen-bond acceptors (Lipinski definition) is 3. The van der Waals surface area contributed by atoms with Gasteiger partial charge >= 0.3 is 0 Å². The van der Waals surface area contributed by atoms with Gasteiger partial charge in [-0.3, -0.25) is 14.7 Å². The second kappa shape index (κ2) is 9.46. The van der Waals surface area contributed by atoms with Crippen LogP contribution in [0.1, 0.15) is 16.8 Å². The van der Waals surface area contributed by atoms with Crippen LogP contribution in [-0.2, 0) is 22.4 Å². The fourth-order valence-corrected chi connectivity index (χ4v) is 4.52. The van der Waals surface area contributed by atoms with Crippen LogP contribution in [0.25, 0.3) is 21.8 Å². The SMILES string of the molecule is Cc1[nH]c2ccccc2c1CC(=O)N[C@H](Cc1ccccc1)C(=O)N(C)c1ccc2[nH]ncc2c1. The summed E-state index contributed by atoms with van der Waals surface area (Å²) in [4.78, 5) is 31.8. The van der Waals surface area contributed by atoms with Crippen molar-refractivity contribution in [3.63, 3.8) is 0 Å². The Hall–Kier alpha value is -4.39. The van der Waals surface area contributed by atoms with Crippen LogP contribution < -0.4 is 10.2 Å². The molecule has 0 fully saturated rings. The van der Waals surface area contributed by atoms with E-state index in [1.165, 1.54) is 0 Å². The van der Waals surface area contributed by atoms with Gasteiger partial charge < -0.3 is 15.2 Å². The van der Waals surface area contributed by atoms with Crippen molar-refractivity contribution >= 4 is 39.3 Å². The molecule has 0 aliphatic heterocycles. The molecule has 3 aromatic carbocycles. The van der Waals surface area contributed by atoms with Crippen LogP contribution >= 0.6 is 0 Å². The van der Waals surface area contributed by atoms with Crippen LogP contribution in [-0.4, -0.2) is 40.1 Å². The van der Waals surface area contributed by atoms with Crippen LogP contribution in [0, 0.1) is 6.92 Å². The summed E-state index contributed by atoms with van der Waals surface area (Å²) in [5.74, 6) is -0.369. The number of amides is 2. The highest BCUT2D eigenvalue weighted by molar-refractivity contribution is 6.01. The second-order valence-corrected chi connectivity index (χ2v) is 8.80. The Morgan fingerprint density at radius 1 is 1.00 bits per heavy atom. The summed E-state index contributed by atoms with van der Waals surface area (Å²) in [5.41, 5.74) is 5.52. The lowest BCUT2D eigenvalue weighted by Gasteiger charge is -2.25. The number of likely N-dealkylation sites (N-methyl/N-ethyl adjacent to an activating group) is 1. The molecule has 0 spiro atoms. The summed E-state index contributed by atoms with van der Waals surface area (Å²) in [7, 11) is 1.73. The van der Waals surface area contributed by atoms with E-state index >= 15 is 0 Å². The Labute approximate surface area is 203 Å². The second-order valence-electron chi connectivity index (χ2n) is 8.80. The van der Waals surface area contributed by atoms with E-state index in [0.717, 1.165) is 44.3 Å². The molecule has 7 heteroatoms. The number of aromatic nitrogens is 3. The summed E-state index contributed by atoms with van der Waals surface area (Å²) < 4.78 is 0. The molecule has 0 aliphatic rings. The lowest BCUT2D eigenvalue weighted by molar-refractivity contribution is -0.127. The first-order valence-corrected chi connectivity index (χ1v) is 11.6. The van der Waals surface area contributed by atoms with E-state index in [1.54, 1.807) is 18.1 Å². The topological polar surface area (TPSA) is 93.9 Å². The number of aromatic amines is 2. The van der Waals surface area contributed by atoms with Gasteiger partial charge in [-0.15, -0.1) is 0 Å². The summed E-state index contributed by atoms with van der Waals surface area (Å²) in [6.07, 6.45) is 2.32. The van der Waals surface area contributed by atoms with Crippen LogP contribution in [0.4, 0.5) is 5.69 Å². The molecular weight excluding hydrogens is 438 g/mol. The number of anilines is 1. The molecule has 0 radical (unpaired) electrons. The lowest BCUT2D eigenvalue weighted by Crippen LogP contribution is -2.49. The minimum Gasteiger partial charge on any atom is -0.358 e. The first kappa shape index (κ1) is 22.4. The van der Waals surface area contributed by atoms with Gasteiger partial charge in [0.2, 0.25) is 11.8 Å². The maximum absolute atomic E-state index is 13.6. The molecule has 3 N–H and O–H groups in total. The number of aryl methyl sites for hydroxylation is 1. The highest BCUT2D eigenvalue weighted by Gasteiger charge is 2.26. The van der Waals surface area contributed by atoms with Crippen molar-refractivity contribution in [2.24, 2.45) is 0 Å². The van der Waals surface area contributed by atoms with E-state index in [1.807, 2.05) is 79.7 Å². The van der Waals surface area contributed by atoms with Crippen molar-refractivity contribution in [1.82, 2.24) is 20.5 Å². The molecule has 2 heterocycles. The van der Waals surface area contributed by atoms with Crippen molar-refractivity contribution in [1.29, 1.82) is 0 Å². The molecule has 1 atom stereocenters. The number of para-hydroxylation sites is 1. The number of nitrogens with zero attached hydrogens (tertiary/aromatic N) is 2. The molecule has 0 saturated carbocycles. The number of benzene rings is 3. The largest absolute Gasteiger partial charge is 0.358 e. The number of rotatable bonds is 7. The Kier molecular flexibility index (Phi) is 6.06. The molecule has 2 aromatic heterocycles. The first-order valence-electron chi connectivity index (χ1n) is 11.6. The Balaban J connectivity index is 1.39. The summed E-state index contributed by atoms with van der Waals surface area (Å²) in [6.45, 7) is 1.97. The number of nitrogens with one attached hydrogen (secondary N) is 3. The third-order valence-corrected chi connectivity index (χ3v) is 6.42. The highest BCUT2D eigenvalue weighted by atomic mass is 16.2. The van der Waals surface area contributed by atoms with Crippen molar-refractivity contribution in [3.8, 4) is 0 Å². The molecule has 176 valence electrons. The fourth-order valence-electron chi connectivity index (χ4n) is 4.52. The molecule has 0 aliphatic carbocycles. The highest BCUT2D eigenvalue weighted by Crippen LogP contribution is 2.23. The molecule has 5 rings (SSSR count). The molecular formula is C28H27N5O2. The third kappa shape index (κ3) is 4.66. The van der Waals surface area contributed by atoms with E-state index in [9.17, 15) is 9.59 Å². The Morgan fingerprint density at radius 3 is 2.60 bits per heavy atom. The van der Waals surface area contributed by atoms with Crippen molar-refractivity contribution < 1.29 is 9.59 Å². The van der Waals surface area contributed by atoms with Crippen molar-refractivity contribution in [3.05, 3.63) is 95.8 Å². The van der Waals surface area contributed by atoms with Crippen LogP contribution in [0.3, 0.4) is 0 Å². The van der Waals surface area contributed by atoms with Crippen molar-refractivity contribution in [2.45, 2.75) is 25.8 Å². The Morgan fingerprint density at radius 2 is 1.77 bits per heavy atom. The minimum absolute atomic E-state index is 0.180. The van der Waals surface area contributed by atoms with Gasteiger partial charge in [-0.25, -0.2) is 0 Å². The van der Waals surface area contributed by atoms with Crippen LogP contribution in [0.2, 0.25) is 0 Å². The standard InChI is InChI=1S/C28H27N5O2/c1-18-23(22-10-6-7-11-25(22)30-18)16-27(34)31-26(14-19-8-4-3-5-9-19)28(35)33(2)21-12-13-24-20(15-21)17-29-32-24/h3-13,15,17,26,30H,14,16H2,1-2H3,(H,29,32)(H,31,34)/t26-/m1/s1. The average molecular weight is 466 g/mol. The summed E-state index contributed by atoms with van der Waals surface area (Å²) in [5, 5.41) is 11.9. The smallest absolute Gasteiger partial charge is 0.249 e. The van der Waals surface area contributed by atoms with Gasteiger partial charge in [-0.2, -0.15) is 5.10 Å². The maximum Gasteiger partial charge on any atom is 0.249 e. The van der Waals surface area contributed by atoms with Gasteiger partial charge in [0, 0.05) is 41.1 Å². The van der Waals surface area contributed by atoms with Gasteiger partial charge in [0.15, 0.2) is 0 Å². The predicted octanol–water partition coefficient (Wildman–Crippen LogP) is 4.29. The summed E-state index contributed by atoms with van der Waals surface area (Å²) >= 11 is 0. The monoisotopic (exact) mass is 465 g/mol. The predicted molar refractivity (Wildman–Crippen MR) is 138 cm³/mol. The van der Waals surface area contributed by atoms with E-state index in [0.29, 0.717) is 6.42 Å². The number of H-pyrrole nitrogens is 2. The van der Waals surface area contributed by atoms with E-state index in [2.05, 4.69) is 20.5 Å². The third-order valence-electron chi connectivity index (χ3n) is 6.42. The number of carbonyl (C=O) groups excluding carboxylic acids is 2. The average Bonchev–Trinajstić information content (AvgIpc) is 3.47. The fraction of sp³-hybridized carbons (Fsp3) is 0.179. The van der Waals surface area contributed by atoms with Crippen LogP contribution in [0.5, 0.6) is 0 Å². The zero-order valence-corrected chi connectivity index (χ0v) is 19.7. The normalized spacial score (nSPS) is 12.1. The maximum atomic E-state index is 13.6. The van der Waals surface area contributed by atoms with E-state index in [4.69, 9.17) is 0 Å². The van der Waals surface area contributed by atoms with Gasteiger partial charge in [0.25, 0.3) is 0 Å². The van der Waals surface area contributed by atoms with Gasteiger partial charge in [-0.05, 0) is 42.3 Å². The van der Waals surface area contributed by atoms with Gasteiger partial charge in [0.1, 0.15) is 6.04 Å². The molecule has 5 aromatic rings. The van der Waals surface area contributed by atoms with Crippen molar-refractivity contribution in [2.75, 3.05) is 11.9 Å². The Bertz CT molecular complexity index is 1500. The molecule has 0 bridgehead atoms. The zero-order chi connectivity index (χ0) is 24.4. The molecule has 0 unspecified atom stereocenters. The zero-order valence-electron chi connectivity index (χ0n) is 19.7. The van der Waals surface area contributed by atoms with Gasteiger partial charge in [0.05, 0.1) is 18.1 Å².